The largest absolute Gasteiger partial charge is 0.353 e. The molecular weight excluding hydrogens is 489 g/mol. The van der Waals surface area contributed by atoms with E-state index in [2.05, 4.69) is 32.1 Å². The second-order valence-corrected chi connectivity index (χ2v) is 10.5. The summed E-state index contributed by atoms with van der Waals surface area (Å²) in [6, 6.07) is 7.99. The highest BCUT2D eigenvalue weighted by atomic mass is 19.1. The Morgan fingerprint density at radius 1 is 1.11 bits per heavy atom. The van der Waals surface area contributed by atoms with Crippen LogP contribution in [-0.2, 0) is 14.3 Å². The fourth-order valence-electron chi connectivity index (χ4n) is 4.49. The molecule has 11 heteroatoms. The molecule has 38 heavy (non-hydrogen) atoms. The van der Waals surface area contributed by atoms with Crippen molar-refractivity contribution in [1.82, 2.24) is 30.2 Å². The summed E-state index contributed by atoms with van der Waals surface area (Å²) >= 11 is 0. The van der Waals surface area contributed by atoms with Crippen molar-refractivity contribution >= 4 is 11.9 Å². The number of H-pyrrole nitrogens is 1. The fraction of sp³-hybridized carbons (Fsp3) is 0.481. The molecule has 2 aromatic heterocycles. The van der Waals surface area contributed by atoms with E-state index in [0.29, 0.717) is 28.9 Å². The summed E-state index contributed by atoms with van der Waals surface area (Å²) in [5.74, 6) is 0.651. The monoisotopic (exact) mass is 523 g/mol. The molecule has 0 radical (unpaired) electrons. The number of nitrogens with zero attached hydrogens (tertiary/aromatic N) is 5. The average molecular weight is 524 g/mol. The van der Waals surface area contributed by atoms with E-state index in [1.807, 2.05) is 26.8 Å². The van der Waals surface area contributed by atoms with Gasteiger partial charge in [-0.3, -0.25) is 4.79 Å². The number of amides is 1. The van der Waals surface area contributed by atoms with Crippen molar-refractivity contribution in [3.05, 3.63) is 48.2 Å². The van der Waals surface area contributed by atoms with Gasteiger partial charge in [0.1, 0.15) is 5.82 Å². The van der Waals surface area contributed by atoms with Crippen LogP contribution >= 0.6 is 0 Å². The summed E-state index contributed by atoms with van der Waals surface area (Å²) in [5.41, 5.74) is 1.83. The summed E-state index contributed by atoms with van der Waals surface area (Å²) in [5, 5.41) is 2.93. The van der Waals surface area contributed by atoms with Gasteiger partial charge in [-0.2, -0.15) is 0 Å². The van der Waals surface area contributed by atoms with E-state index in [1.165, 1.54) is 12.1 Å². The lowest BCUT2D eigenvalue weighted by atomic mass is 9.90. The van der Waals surface area contributed by atoms with E-state index in [4.69, 9.17) is 19.4 Å². The fourth-order valence-corrected chi connectivity index (χ4v) is 4.49. The number of likely N-dealkylation sites (N-methyl/N-ethyl adjacent to an activating group) is 1. The van der Waals surface area contributed by atoms with Crippen LogP contribution < -0.4 is 10.2 Å². The van der Waals surface area contributed by atoms with Crippen LogP contribution in [0.1, 0.15) is 32.9 Å². The minimum Gasteiger partial charge on any atom is -0.353 e. The number of carbonyl (C=O) groups is 1. The van der Waals surface area contributed by atoms with Gasteiger partial charge in [0.2, 0.25) is 18.1 Å². The molecule has 5 rings (SSSR count). The number of carbonyl (C=O) groups excluding carboxylic acids is 1. The first-order valence-electron chi connectivity index (χ1n) is 12.9. The van der Waals surface area contributed by atoms with Crippen LogP contribution in [0.5, 0.6) is 0 Å². The Morgan fingerprint density at radius 2 is 1.79 bits per heavy atom. The van der Waals surface area contributed by atoms with E-state index < -0.39 is 11.7 Å². The normalized spacial score (nSPS) is 22.6. The molecule has 0 saturated carbocycles. The van der Waals surface area contributed by atoms with E-state index in [1.54, 1.807) is 18.3 Å². The quantitative estimate of drug-likeness (QED) is 0.508. The zero-order chi connectivity index (χ0) is 26.9. The summed E-state index contributed by atoms with van der Waals surface area (Å²) in [4.78, 5) is 34.6. The van der Waals surface area contributed by atoms with Gasteiger partial charge in [0.15, 0.2) is 5.82 Å². The number of hydrogen-bond donors (Lipinski definition) is 2. The molecule has 3 aromatic rings. The summed E-state index contributed by atoms with van der Waals surface area (Å²) in [6.45, 7) is 9.56. The maximum absolute atomic E-state index is 13.7. The second-order valence-electron chi connectivity index (χ2n) is 10.5. The molecule has 0 aliphatic carbocycles. The maximum atomic E-state index is 13.7. The number of aromatic amines is 1. The SMILES string of the molecule is CC(C)NC(=O)C1(C)COC(c2nc(-c3ccc(F)cc3)c(-c3ccnc(N4CCN(C)CC4)n3)[nH]2)OC1. The predicted octanol–water partition coefficient (Wildman–Crippen LogP) is 3.00. The summed E-state index contributed by atoms with van der Waals surface area (Å²) < 4.78 is 25.7. The van der Waals surface area contributed by atoms with E-state index in [9.17, 15) is 9.18 Å². The number of piperazine rings is 1. The Hall–Kier alpha value is -3.41. The third-order valence-corrected chi connectivity index (χ3v) is 6.82. The smallest absolute Gasteiger partial charge is 0.230 e. The number of halogens is 1. The molecule has 10 nitrogen and oxygen atoms in total. The molecule has 2 aliphatic heterocycles. The van der Waals surface area contributed by atoms with Crippen LogP contribution in [0.2, 0.25) is 0 Å². The lowest BCUT2D eigenvalue weighted by molar-refractivity contribution is -0.231. The van der Waals surface area contributed by atoms with Crippen LogP contribution in [0.3, 0.4) is 0 Å². The molecule has 0 unspecified atom stereocenters. The van der Waals surface area contributed by atoms with E-state index >= 15 is 0 Å². The third kappa shape index (κ3) is 5.54. The molecule has 1 amide bonds. The van der Waals surface area contributed by atoms with Crippen molar-refractivity contribution in [1.29, 1.82) is 0 Å². The average Bonchev–Trinajstić information content (AvgIpc) is 3.35. The molecule has 2 N–H and O–H groups in total. The molecule has 4 heterocycles. The predicted molar refractivity (Wildman–Crippen MR) is 141 cm³/mol. The second kappa shape index (κ2) is 10.8. The maximum Gasteiger partial charge on any atom is 0.230 e. The van der Waals surface area contributed by atoms with Gasteiger partial charge in [0.25, 0.3) is 0 Å². The number of hydrogen-bond acceptors (Lipinski definition) is 8. The molecule has 0 bridgehead atoms. The standard InChI is InChI=1S/C27H34FN7O3/c1-17(2)30-25(36)27(3)15-37-24(38-16-27)23-32-21(18-5-7-19(28)8-6-18)22(33-23)20-9-10-29-26(31-20)35-13-11-34(4)12-14-35/h5-10,17,24H,11-16H2,1-4H3,(H,30,36)(H,32,33). The van der Waals surface area contributed by atoms with Gasteiger partial charge in [-0.15, -0.1) is 0 Å². The zero-order valence-electron chi connectivity index (χ0n) is 22.2. The zero-order valence-corrected chi connectivity index (χ0v) is 22.2. The highest BCUT2D eigenvalue weighted by molar-refractivity contribution is 5.83. The van der Waals surface area contributed by atoms with E-state index in [-0.39, 0.29) is 31.0 Å². The Labute approximate surface area is 221 Å². The number of imidazole rings is 1. The first-order chi connectivity index (χ1) is 18.2. The minimum absolute atomic E-state index is 0.0200. The molecule has 0 spiro atoms. The molecule has 0 atom stereocenters. The Morgan fingerprint density at radius 3 is 2.45 bits per heavy atom. The van der Waals surface area contributed by atoms with Gasteiger partial charge in [0.05, 0.1) is 35.7 Å². The molecule has 202 valence electrons. The molecular formula is C27H34FN7O3. The molecule has 1 aromatic carbocycles. The van der Waals surface area contributed by atoms with Gasteiger partial charge in [0, 0.05) is 44.0 Å². The first-order valence-corrected chi connectivity index (χ1v) is 12.9. The van der Waals surface area contributed by atoms with Crippen LogP contribution in [0, 0.1) is 11.2 Å². The number of rotatable bonds is 6. The van der Waals surface area contributed by atoms with Crippen molar-refractivity contribution in [3.63, 3.8) is 0 Å². The van der Waals surface area contributed by atoms with Crippen molar-refractivity contribution in [2.45, 2.75) is 33.1 Å². The Kier molecular flexibility index (Phi) is 7.42. The number of anilines is 1. The highest BCUT2D eigenvalue weighted by Gasteiger charge is 2.41. The number of benzene rings is 1. The van der Waals surface area contributed by atoms with Crippen molar-refractivity contribution in [2.75, 3.05) is 51.3 Å². The van der Waals surface area contributed by atoms with Gasteiger partial charge in [-0.25, -0.2) is 19.3 Å². The van der Waals surface area contributed by atoms with Gasteiger partial charge in [-0.1, -0.05) is 0 Å². The van der Waals surface area contributed by atoms with E-state index in [0.717, 1.165) is 31.7 Å². The Bertz CT molecular complexity index is 1260. The number of aromatic nitrogens is 4. The topological polar surface area (TPSA) is 108 Å². The highest BCUT2D eigenvalue weighted by Crippen LogP contribution is 2.35. The number of ether oxygens (including phenoxy) is 2. The number of nitrogens with one attached hydrogen (secondary N) is 2. The van der Waals surface area contributed by atoms with Gasteiger partial charge in [-0.05, 0) is 58.2 Å². The summed E-state index contributed by atoms with van der Waals surface area (Å²) in [6.07, 6.45) is 0.943. The van der Waals surface area contributed by atoms with Crippen molar-refractivity contribution < 1.29 is 18.7 Å². The lowest BCUT2D eigenvalue weighted by Gasteiger charge is -2.35. The first kappa shape index (κ1) is 26.2. The van der Waals surface area contributed by atoms with Crippen LogP contribution in [0.25, 0.3) is 22.6 Å². The van der Waals surface area contributed by atoms with Crippen LogP contribution in [-0.4, -0.2) is 83.2 Å². The van der Waals surface area contributed by atoms with Crippen molar-refractivity contribution in [3.8, 4) is 22.6 Å². The third-order valence-electron chi connectivity index (χ3n) is 6.82. The Balaban J connectivity index is 1.44. The van der Waals surface area contributed by atoms with Crippen molar-refractivity contribution in [2.24, 2.45) is 5.41 Å². The molecule has 2 aliphatic rings. The van der Waals surface area contributed by atoms with Gasteiger partial charge >= 0.3 is 0 Å². The molecule has 2 fully saturated rings. The molecule has 2 saturated heterocycles. The summed E-state index contributed by atoms with van der Waals surface area (Å²) in [7, 11) is 2.10. The lowest BCUT2D eigenvalue weighted by Crippen LogP contribution is -2.50. The van der Waals surface area contributed by atoms with Crippen LogP contribution in [0.15, 0.2) is 36.5 Å². The van der Waals surface area contributed by atoms with Gasteiger partial charge < -0.3 is 29.6 Å². The minimum atomic E-state index is -0.806. The van der Waals surface area contributed by atoms with Crippen LogP contribution in [0.4, 0.5) is 10.3 Å².